The van der Waals surface area contributed by atoms with Gasteiger partial charge in [-0.25, -0.2) is 0 Å². The third kappa shape index (κ3) is 2.87. The molecule has 1 aliphatic heterocycles. The van der Waals surface area contributed by atoms with Gasteiger partial charge in [0.25, 0.3) is 5.91 Å². The van der Waals surface area contributed by atoms with E-state index in [0.29, 0.717) is 5.56 Å². The highest BCUT2D eigenvalue weighted by atomic mass is 16.8. The highest BCUT2D eigenvalue weighted by molar-refractivity contribution is 6.10. The molecular formula is C16H19N3O7. The van der Waals surface area contributed by atoms with Gasteiger partial charge in [-0.15, -0.1) is 0 Å². The van der Waals surface area contributed by atoms with Gasteiger partial charge in [0.1, 0.15) is 5.70 Å². The zero-order valence-electron chi connectivity index (χ0n) is 14.2. The summed E-state index contributed by atoms with van der Waals surface area (Å²) in [6.07, 6.45) is 0. The second-order valence-electron chi connectivity index (χ2n) is 6.25. The number of aryl methyl sites for hydroxylation is 1. The summed E-state index contributed by atoms with van der Waals surface area (Å²) in [5.41, 5.74) is -0.787. The zero-order valence-corrected chi connectivity index (χ0v) is 14.2. The number of nitrogens with zero attached hydrogens (tertiary/aromatic N) is 3. The molecule has 140 valence electrons. The van der Waals surface area contributed by atoms with Gasteiger partial charge in [0.05, 0.1) is 11.6 Å². The Bertz CT molecular complexity index is 824. The molecule has 0 saturated heterocycles. The van der Waals surface area contributed by atoms with E-state index in [1.807, 2.05) is 6.07 Å². The summed E-state index contributed by atoms with van der Waals surface area (Å²) in [6, 6.07) is 2.24. The third-order valence-electron chi connectivity index (χ3n) is 4.08. The molecule has 1 heterocycles. The summed E-state index contributed by atoms with van der Waals surface area (Å²) >= 11 is 0. The van der Waals surface area contributed by atoms with Crippen molar-refractivity contribution in [2.75, 3.05) is 0 Å². The van der Waals surface area contributed by atoms with Crippen LogP contribution in [0.2, 0.25) is 0 Å². The molecule has 0 fully saturated rings. The van der Waals surface area contributed by atoms with Crippen LogP contribution in [0.3, 0.4) is 0 Å². The first-order chi connectivity index (χ1) is 11.9. The molecule has 0 unspecified atom stereocenters. The molecule has 6 N–H and O–H groups in total. The van der Waals surface area contributed by atoms with Crippen LogP contribution in [0.4, 0.5) is 0 Å². The minimum Gasteiger partial charge on any atom is -0.348 e. The predicted octanol–water partition coefficient (Wildman–Crippen LogP) is -0.410. The summed E-state index contributed by atoms with van der Waals surface area (Å²) in [7, 11) is 0. The molecule has 10 heteroatoms. The second kappa shape index (κ2) is 6.42. The number of nitriles is 1. The van der Waals surface area contributed by atoms with Crippen LogP contribution in [-0.2, 0) is 0 Å². The number of carbonyl (C=O) groups is 1. The van der Waals surface area contributed by atoms with Crippen LogP contribution >= 0.6 is 0 Å². The molecule has 26 heavy (non-hydrogen) atoms. The molecule has 1 aliphatic rings. The number of aliphatic hydroxyl groups is 4. The molecule has 0 aliphatic carbocycles. The van der Waals surface area contributed by atoms with Gasteiger partial charge < -0.3 is 25.6 Å². The van der Waals surface area contributed by atoms with E-state index < -0.39 is 40.0 Å². The summed E-state index contributed by atoms with van der Waals surface area (Å²) in [5, 5.41) is 67.6. The van der Waals surface area contributed by atoms with E-state index in [1.165, 1.54) is 39.0 Å². The number of rotatable bonds is 3. The molecule has 0 aromatic heterocycles. The Hall–Kier alpha value is -2.36. The Morgan fingerprint density at radius 1 is 1.19 bits per heavy atom. The Kier molecular flexibility index (Phi) is 4.93. The summed E-state index contributed by atoms with van der Waals surface area (Å²) in [5.74, 6) is -5.11. The SMILES string of the molecule is Cc1cc(C#N)ccc1C(=O)C1=C(C(C)C)C(O)(O)N(O)C(O)(O)N1O. The van der Waals surface area contributed by atoms with Crippen LogP contribution in [-0.4, -0.2) is 58.7 Å². The van der Waals surface area contributed by atoms with Crippen molar-refractivity contribution in [3.8, 4) is 6.07 Å². The topological polar surface area (TPSA) is 169 Å². The van der Waals surface area contributed by atoms with Gasteiger partial charge in [-0.3, -0.25) is 10.0 Å². The van der Waals surface area contributed by atoms with Crippen molar-refractivity contribution in [1.82, 2.24) is 10.1 Å². The molecule has 2 rings (SSSR count). The Labute approximate surface area is 148 Å². The number of hydrogen-bond donors (Lipinski definition) is 6. The van der Waals surface area contributed by atoms with Crippen molar-refractivity contribution in [3.63, 3.8) is 0 Å². The average Bonchev–Trinajstić information content (AvgIpc) is 2.55. The highest BCUT2D eigenvalue weighted by Gasteiger charge is 2.59. The fourth-order valence-electron chi connectivity index (χ4n) is 2.83. The molecule has 1 aromatic carbocycles. The number of Topliss-reactive ketones (excluding diaryl/α,β-unsaturated/α-hetero) is 1. The molecule has 1 aromatic rings. The van der Waals surface area contributed by atoms with Gasteiger partial charge in [-0.1, -0.05) is 18.9 Å². The normalized spacial score (nSPS) is 19.7. The number of hydroxylamine groups is 4. The first kappa shape index (κ1) is 20.0. The number of ketones is 1. The van der Waals surface area contributed by atoms with Crippen LogP contribution in [0, 0.1) is 24.2 Å². The Balaban J connectivity index is 2.75. The van der Waals surface area contributed by atoms with Crippen molar-refractivity contribution in [2.45, 2.75) is 32.7 Å². The molecule has 0 bridgehead atoms. The van der Waals surface area contributed by atoms with Gasteiger partial charge in [-0.2, -0.15) is 10.3 Å². The lowest BCUT2D eigenvalue weighted by Crippen LogP contribution is -2.71. The minimum absolute atomic E-state index is 0.0193. The standard InChI is InChI=1S/C16H19N3O7/c1-8(2)12-13(18(25)16(23,24)19(26)15(12,21)22)14(20)11-5-4-10(7-17)6-9(11)3/h4-6,8,21-26H,1-3H3. The van der Waals surface area contributed by atoms with Gasteiger partial charge in [0.15, 0.2) is 0 Å². The molecule has 0 spiro atoms. The largest absolute Gasteiger partial charge is 0.365 e. The van der Waals surface area contributed by atoms with Crippen LogP contribution in [0.1, 0.15) is 35.3 Å². The lowest BCUT2D eigenvalue weighted by atomic mass is 9.90. The van der Waals surface area contributed by atoms with Crippen molar-refractivity contribution in [1.29, 1.82) is 5.26 Å². The Morgan fingerprint density at radius 3 is 2.23 bits per heavy atom. The molecule has 0 amide bonds. The number of carbonyl (C=O) groups excluding carboxylic acids is 1. The van der Waals surface area contributed by atoms with Crippen LogP contribution in [0.15, 0.2) is 29.5 Å². The van der Waals surface area contributed by atoms with Crippen molar-refractivity contribution in [2.24, 2.45) is 5.92 Å². The fourth-order valence-corrected chi connectivity index (χ4v) is 2.83. The average molecular weight is 365 g/mol. The summed E-state index contributed by atoms with van der Waals surface area (Å²) < 4.78 is 0. The summed E-state index contributed by atoms with van der Waals surface area (Å²) in [4.78, 5) is 12.9. The van der Waals surface area contributed by atoms with E-state index in [9.17, 15) is 35.6 Å². The van der Waals surface area contributed by atoms with Crippen molar-refractivity contribution < 1.29 is 35.6 Å². The van der Waals surface area contributed by atoms with Gasteiger partial charge in [0.2, 0.25) is 5.78 Å². The monoisotopic (exact) mass is 365 g/mol. The van der Waals surface area contributed by atoms with E-state index in [4.69, 9.17) is 5.26 Å². The lowest BCUT2D eigenvalue weighted by Gasteiger charge is -2.48. The summed E-state index contributed by atoms with van der Waals surface area (Å²) in [6.45, 7) is 4.40. The van der Waals surface area contributed by atoms with Crippen LogP contribution in [0.25, 0.3) is 0 Å². The Morgan fingerprint density at radius 2 is 1.77 bits per heavy atom. The maximum absolute atomic E-state index is 12.9. The third-order valence-corrected chi connectivity index (χ3v) is 4.08. The molecule has 0 atom stereocenters. The molecule has 10 nitrogen and oxygen atoms in total. The maximum Gasteiger partial charge on any atom is 0.365 e. The molecule has 0 saturated carbocycles. The van der Waals surface area contributed by atoms with E-state index in [0.717, 1.165) is 0 Å². The fraction of sp³-hybridized carbons (Fsp3) is 0.375. The first-order valence-corrected chi connectivity index (χ1v) is 7.55. The van der Waals surface area contributed by atoms with E-state index in [1.54, 1.807) is 0 Å². The lowest BCUT2D eigenvalue weighted by molar-refractivity contribution is -0.537. The predicted molar refractivity (Wildman–Crippen MR) is 83.7 cm³/mol. The quantitative estimate of drug-likeness (QED) is 0.306. The van der Waals surface area contributed by atoms with Crippen molar-refractivity contribution >= 4 is 5.78 Å². The second-order valence-corrected chi connectivity index (χ2v) is 6.25. The number of allylic oxidation sites excluding steroid dienone is 1. The zero-order chi connectivity index (χ0) is 20.0. The van der Waals surface area contributed by atoms with Crippen molar-refractivity contribution in [3.05, 3.63) is 46.2 Å². The van der Waals surface area contributed by atoms with E-state index in [2.05, 4.69) is 0 Å². The maximum atomic E-state index is 12.9. The smallest absolute Gasteiger partial charge is 0.348 e. The number of hydrogen-bond acceptors (Lipinski definition) is 10. The van der Waals surface area contributed by atoms with Crippen LogP contribution in [0.5, 0.6) is 0 Å². The van der Waals surface area contributed by atoms with Gasteiger partial charge >= 0.3 is 6.03 Å². The molecule has 0 radical (unpaired) electrons. The number of benzene rings is 1. The van der Waals surface area contributed by atoms with Gasteiger partial charge in [0, 0.05) is 11.1 Å². The minimum atomic E-state index is -3.69. The molecular weight excluding hydrogens is 346 g/mol. The van der Waals surface area contributed by atoms with Gasteiger partial charge in [-0.05, 0) is 36.6 Å². The van der Waals surface area contributed by atoms with Crippen LogP contribution < -0.4 is 0 Å². The highest BCUT2D eigenvalue weighted by Crippen LogP contribution is 2.40. The first-order valence-electron chi connectivity index (χ1n) is 7.55. The van der Waals surface area contributed by atoms with E-state index >= 15 is 0 Å². The van der Waals surface area contributed by atoms with E-state index in [-0.39, 0.29) is 16.2 Å².